The molecule has 2 heteroatoms. The smallest absolute Gasteiger partial charge is 0.0828 e. The second-order valence-corrected chi connectivity index (χ2v) is 3.25. The van der Waals surface area contributed by atoms with E-state index in [1.165, 1.54) is 6.42 Å². The molecule has 2 nitrogen and oxygen atoms in total. The molecule has 2 N–H and O–H groups in total. The first-order valence-corrected chi connectivity index (χ1v) is 4.28. The van der Waals surface area contributed by atoms with Gasteiger partial charge in [0.2, 0.25) is 0 Å². The average Bonchev–Trinajstić information content (AvgIpc) is 2.03. The lowest BCUT2D eigenvalue weighted by molar-refractivity contribution is 0.0507. The Hall–Kier alpha value is -0.340. The Balaban J connectivity index is 2.43. The molecule has 0 aromatic carbocycles. The van der Waals surface area contributed by atoms with E-state index in [1.54, 1.807) is 12.2 Å². The minimum absolute atomic E-state index is 0.0301. The fraction of sp³-hybridized carbons (Fsp3) is 0.778. The molecule has 1 fully saturated rings. The van der Waals surface area contributed by atoms with Gasteiger partial charge in [0.15, 0.2) is 0 Å². The molecule has 0 bridgehead atoms. The molecule has 0 atom stereocenters. The Morgan fingerprint density at radius 3 is 2.36 bits per heavy atom. The maximum atomic E-state index is 9.80. The molecule has 0 radical (unpaired) electrons. The highest BCUT2D eigenvalue weighted by Gasteiger charge is 2.25. The van der Waals surface area contributed by atoms with Gasteiger partial charge in [0, 0.05) is 0 Å². The third-order valence-corrected chi connectivity index (χ3v) is 2.25. The molecule has 0 heterocycles. The SMILES string of the molecule is OC/C=C/C1(O)CCCCC1. The minimum Gasteiger partial charge on any atom is -0.392 e. The number of aliphatic hydroxyl groups excluding tert-OH is 1. The predicted molar refractivity (Wildman–Crippen MR) is 44.3 cm³/mol. The molecule has 11 heavy (non-hydrogen) atoms. The minimum atomic E-state index is -0.610. The number of rotatable bonds is 2. The van der Waals surface area contributed by atoms with Gasteiger partial charge in [0.25, 0.3) is 0 Å². The predicted octanol–water partition coefficient (Wildman–Crippen LogP) is 1.23. The number of hydrogen-bond donors (Lipinski definition) is 2. The summed E-state index contributed by atoms with van der Waals surface area (Å²) in [5.41, 5.74) is -0.610. The maximum Gasteiger partial charge on any atom is 0.0828 e. The van der Waals surface area contributed by atoms with E-state index in [4.69, 9.17) is 5.11 Å². The second kappa shape index (κ2) is 3.88. The molecule has 0 aromatic rings. The molecule has 64 valence electrons. The van der Waals surface area contributed by atoms with Crippen molar-refractivity contribution in [3.05, 3.63) is 12.2 Å². The van der Waals surface area contributed by atoms with E-state index in [9.17, 15) is 5.11 Å². The molecular formula is C9H16O2. The first kappa shape index (κ1) is 8.75. The largest absolute Gasteiger partial charge is 0.392 e. The Kier molecular flexibility index (Phi) is 3.09. The first-order chi connectivity index (χ1) is 5.27. The number of aliphatic hydroxyl groups is 2. The second-order valence-electron chi connectivity index (χ2n) is 3.25. The third-order valence-electron chi connectivity index (χ3n) is 2.25. The Morgan fingerprint density at radius 2 is 1.82 bits per heavy atom. The van der Waals surface area contributed by atoms with Crippen LogP contribution in [0.4, 0.5) is 0 Å². The molecule has 0 spiro atoms. The van der Waals surface area contributed by atoms with Crippen molar-refractivity contribution in [2.24, 2.45) is 0 Å². The lowest BCUT2D eigenvalue weighted by Crippen LogP contribution is -2.28. The van der Waals surface area contributed by atoms with E-state index >= 15 is 0 Å². The van der Waals surface area contributed by atoms with Gasteiger partial charge in [-0.25, -0.2) is 0 Å². The molecule has 1 aliphatic carbocycles. The molecule has 0 aromatic heterocycles. The van der Waals surface area contributed by atoms with Crippen LogP contribution in [0.3, 0.4) is 0 Å². The van der Waals surface area contributed by atoms with Crippen LogP contribution in [0.5, 0.6) is 0 Å². The highest BCUT2D eigenvalue weighted by atomic mass is 16.3. The van der Waals surface area contributed by atoms with E-state index in [1.807, 2.05) is 0 Å². The lowest BCUT2D eigenvalue weighted by atomic mass is 9.85. The maximum absolute atomic E-state index is 9.80. The fourth-order valence-corrected chi connectivity index (χ4v) is 1.60. The van der Waals surface area contributed by atoms with Crippen molar-refractivity contribution >= 4 is 0 Å². The van der Waals surface area contributed by atoms with Crippen molar-refractivity contribution in [1.82, 2.24) is 0 Å². The molecule has 1 saturated carbocycles. The quantitative estimate of drug-likeness (QED) is 0.590. The zero-order chi connectivity index (χ0) is 8.16. The van der Waals surface area contributed by atoms with Crippen molar-refractivity contribution in [3.8, 4) is 0 Å². The van der Waals surface area contributed by atoms with Crippen molar-refractivity contribution in [2.75, 3.05) is 6.61 Å². The molecule has 1 aliphatic rings. The summed E-state index contributed by atoms with van der Waals surface area (Å²) in [4.78, 5) is 0. The van der Waals surface area contributed by atoms with Gasteiger partial charge < -0.3 is 10.2 Å². The summed E-state index contributed by atoms with van der Waals surface area (Å²) in [6.07, 6.45) is 8.51. The summed E-state index contributed by atoms with van der Waals surface area (Å²) in [5.74, 6) is 0. The van der Waals surface area contributed by atoms with Crippen molar-refractivity contribution in [3.63, 3.8) is 0 Å². The van der Waals surface area contributed by atoms with Crippen LogP contribution >= 0.6 is 0 Å². The molecule has 0 amide bonds. The standard InChI is InChI=1S/C9H16O2/c10-8-4-7-9(11)5-2-1-3-6-9/h4,7,10-11H,1-3,5-6,8H2/b7-4+. The lowest BCUT2D eigenvalue weighted by Gasteiger charge is -2.28. The average molecular weight is 156 g/mol. The van der Waals surface area contributed by atoms with Gasteiger partial charge in [-0.1, -0.05) is 31.4 Å². The Labute approximate surface area is 67.6 Å². The summed E-state index contributed by atoms with van der Waals surface area (Å²) in [7, 11) is 0. The van der Waals surface area contributed by atoms with Gasteiger partial charge in [-0.3, -0.25) is 0 Å². The van der Waals surface area contributed by atoms with Crippen molar-refractivity contribution in [2.45, 2.75) is 37.7 Å². The van der Waals surface area contributed by atoms with Crippen LogP contribution in [-0.4, -0.2) is 22.4 Å². The Morgan fingerprint density at radius 1 is 1.18 bits per heavy atom. The van der Waals surface area contributed by atoms with Gasteiger partial charge in [-0.05, 0) is 12.8 Å². The normalized spacial score (nSPS) is 24.2. The molecular weight excluding hydrogens is 140 g/mol. The summed E-state index contributed by atoms with van der Waals surface area (Å²) in [5, 5.41) is 18.3. The van der Waals surface area contributed by atoms with Gasteiger partial charge in [0.1, 0.15) is 0 Å². The third kappa shape index (κ3) is 2.64. The summed E-state index contributed by atoms with van der Waals surface area (Å²) in [6, 6.07) is 0. The molecule has 0 aliphatic heterocycles. The van der Waals surface area contributed by atoms with E-state index < -0.39 is 5.60 Å². The van der Waals surface area contributed by atoms with Crippen LogP contribution in [0, 0.1) is 0 Å². The van der Waals surface area contributed by atoms with E-state index in [2.05, 4.69) is 0 Å². The van der Waals surface area contributed by atoms with Gasteiger partial charge in [-0.2, -0.15) is 0 Å². The van der Waals surface area contributed by atoms with Crippen LogP contribution in [-0.2, 0) is 0 Å². The van der Waals surface area contributed by atoms with E-state index in [0.29, 0.717) is 0 Å². The first-order valence-electron chi connectivity index (χ1n) is 4.28. The van der Waals surface area contributed by atoms with Gasteiger partial charge in [0.05, 0.1) is 12.2 Å². The van der Waals surface area contributed by atoms with Crippen LogP contribution in [0.15, 0.2) is 12.2 Å². The van der Waals surface area contributed by atoms with Crippen molar-refractivity contribution < 1.29 is 10.2 Å². The molecule has 0 unspecified atom stereocenters. The zero-order valence-corrected chi connectivity index (χ0v) is 6.79. The number of hydrogen-bond acceptors (Lipinski definition) is 2. The summed E-state index contributed by atoms with van der Waals surface area (Å²) in [6.45, 7) is 0.0301. The molecule has 1 rings (SSSR count). The summed E-state index contributed by atoms with van der Waals surface area (Å²) >= 11 is 0. The highest BCUT2D eigenvalue weighted by Crippen LogP contribution is 2.28. The van der Waals surface area contributed by atoms with Gasteiger partial charge >= 0.3 is 0 Å². The van der Waals surface area contributed by atoms with Crippen LogP contribution in [0.1, 0.15) is 32.1 Å². The van der Waals surface area contributed by atoms with E-state index in [0.717, 1.165) is 25.7 Å². The Bertz CT molecular complexity index is 134. The molecule has 0 saturated heterocycles. The van der Waals surface area contributed by atoms with Crippen molar-refractivity contribution in [1.29, 1.82) is 0 Å². The van der Waals surface area contributed by atoms with E-state index in [-0.39, 0.29) is 6.61 Å². The zero-order valence-electron chi connectivity index (χ0n) is 6.79. The van der Waals surface area contributed by atoms with Gasteiger partial charge in [-0.15, -0.1) is 0 Å². The van der Waals surface area contributed by atoms with Crippen LogP contribution < -0.4 is 0 Å². The van der Waals surface area contributed by atoms with Crippen LogP contribution in [0.2, 0.25) is 0 Å². The fourth-order valence-electron chi connectivity index (χ4n) is 1.60. The van der Waals surface area contributed by atoms with Crippen LogP contribution in [0.25, 0.3) is 0 Å². The topological polar surface area (TPSA) is 40.5 Å². The monoisotopic (exact) mass is 156 g/mol. The highest BCUT2D eigenvalue weighted by molar-refractivity contribution is 5.02. The summed E-state index contributed by atoms with van der Waals surface area (Å²) < 4.78 is 0.